The third-order valence-corrected chi connectivity index (χ3v) is 3.47. The first-order valence-corrected chi connectivity index (χ1v) is 6.23. The number of carbonyl (C=O) groups is 2. The van der Waals surface area contributed by atoms with Crippen molar-refractivity contribution in [3.05, 3.63) is 28.8 Å². The molecule has 2 rings (SSSR count). The molecule has 2 amide bonds. The van der Waals surface area contributed by atoms with Crippen molar-refractivity contribution in [1.82, 2.24) is 4.90 Å². The van der Waals surface area contributed by atoms with Crippen molar-refractivity contribution in [2.75, 3.05) is 5.73 Å². The van der Waals surface area contributed by atoms with E-state index in [1.807, 2.05) is 6.92 Å². The normalized spacial score (nSPS) is 17.3. The Balaban J connectivity index is 2.23. The fourth-order valence-corrected chi connectivity index (χ4v) is 2.35. The van der Waals surface area contributed by atoms with Crippen molar-refractivity contribution < 1.29 is 9.59 Å². The maximum absolute atomic E-state index is 11.9. The van der Waals surface area contributed by atoms with Gasteiger partial charge in [-0.05, 0) is 18.1 Å². The molecular formula is C13H15ClN2O2. The van der Waals surface area contributed by atoms with Crippen molar-refractivity contribution in [3.8, 4) is 0 Å². The number of anilines is 1. The highest BCUT2D eigenvalue weighted by Gasteiger charge is 2.30. The van der Waals surface area contributed by atoms with E-state index in [-0.39, 0.29) is 24.3 Å². The lowest BCUT2D eigenvalue weighted by Crippen LogP contribution is -2.42. The molecule has 1 fully saturated rings. The molecule has 2 N–H and O–H groups in total. The van der Waals surface area contributed by atoms with Crippen molar-refractivity contribution in [1.29, 1.82) is 0 Å². The second kappa shape index (κ2) is 4.98. The Labute approximate surface area is 111 Å². The van der Waals surface area contributed by atoms with Crippen LogP contribution in [0.2, 0.25) is 5.02 Å². The molecule has 0 spiro atoms. The Bertz CT molecular complexity index is 464. The molecular weight excluding hydrogens is 252 g/mol. The van der Waals surface area contributed by atoms with Gasteiger partial charge in [-0.25, -0.2) is 0 Å². The first-order valence-electron chi connectivity index (χ1n) is 5.85. The molecule has 0 aliphatic carbocycles. The van der Waals surface area contributed by atoms with Crippen LogP contribution in [0.3, 0.4) is 0 Å². The number of nitrogen functional groups attached to an aromatic ring is 1. The van der Waals surface area contributed by atoms with Crippen LogP contribution in [0.4, 0.5) is 5.69 Å². The molecule has 0 saturated carbocycles. The fraction of sp³-hybridized carbons (Fsp3) is 0.385. The van der Waals surface area contributed by atoms with Crippen LogP contribution in [0.15, 0.2) is 18.2 Å². The van der Waals surface area contributed by atoms with Gasteiger partial charge in [-0.3, -0.25) is 14.5 Å². The summed E-state index contributed by atoms with van der Waals surface area (Å²) in [5, 5.41) is 0.481. The van der Waals surface area contributed by atoms with E-state index in [9.17, 15) is 9.59 Å². The van der Waals surface area contributed by atoms with Gasteiger partial charge in [-0.15, -0.1) is 0 Å². The number of nitrogens with two attached hydrogens (primary N) is 1. The number of nitrogens with zero attached hydrogens (tertiary/aromatic N) is 1. The molecule has 5 heteroatoms. The number of carbonyl (C=O) groups excluding carboxylic acids is 2. The molecule has 1 saturated heterocycles. The summed E-state index contributed by atoms with van der Waals surface area (Å²) in [7, 11) is 0. The highest BCUT2D eigenvalue weighted by atomic mass is 35.5. The number of benzene rings is 1. The SMILES string of the molecule is CC1CC(=O)N(Cc2c(N)cccc2Cl)C(=O)C1. The van der Waals surface area contributed by atoms with Gasteiger partial charge in [0, 0.05) is 29.1 Å². The molecule has 0 unspecified atom stereocenters. The Morgan fingerprint density at radius 3 is 2.50 bits per heavy atom. The van der Waals surface area contributed by atoms with Crippen molar-refractivity contribution in [2.45, 2.75) is 26.3 Å². The molecule has 1 aliphatic rings. The molecule has 0 aromatic heterocycles. The summed E-state index contributed by atoms with van der Waals surface area (Å²) in [5.74, 6) is -0.194. The molecule has 1 aromatic carbocycles. The summed E-state index contributed by atoms with van der Waals surface area (Å²) in [5.41, 5.74) is 6.96. The number of amides is 2. The first-order chi connectivity index (χ1) is 8.49. The van der Waals surface area contributed by atoms with Gasteiger partial charge in [-0.1, -0.05) is 24.6 Å². The van der Waals surface area contributed by atoms with E-state index in [4.69, 9.17) is 17.3 Å². The van der Waals surface area contributed by atoms with E-state index in [1.165, 1.54) is 4.90 Å². The van der Waals surface area contributed by atoms with Gasteiger partial charge in [0.1, 0.15) is 0 Å². The van der Waals surface area contributed by atoms with Crippen LogP contribution in [-0.4, -0.2) is 16.7 Å². The number of hydrogen-bond acceptors (Lipinski definition) is 3. The van der Waals surface area contributed by atoms with Gasteiger partial charge in [0.25, 0.3) is 0 Å². The average molecular weight is 267 g/mol. The van der Waals surface area contributed by atoms with Gasteiger partial charge in [0.2, 0.25) is 11.8 Å². The summed E-state index contributed by atoms with van der Waals surface area (Å²) in [6.07, 6.45) is 0.798. The van der Waals surface area contributed by atoms with Gasteiger partial charge in [0.15, 0.2) is 0 Å². The van der Waals surface area contributed by atoms with Crippen molar-refractivity contribution in [3.63, 3.8) is 0 Å². The predicted octanol–water partition coefficient (Wildman–Crippen LogP) is 2.21. The zero-order valence-electron chi connectivity index (χ0n) is 10.1. The quantitative estimate of drug-likeness (QED) is 0.659. The summed E-state index contributed by atoms with van der Waals surface area (Å²) < 4.78 is 0. The van der Waals surface area contributed by atoms with E-state index in [2.05, 4.69) is 0 Å². The summed E-state index contributed by atoms with van der Waals surface area (Å²) >= 11 is 6.04. The molecule has 0 radical (unpaired) electrons. The van der Waals surface area contributed by atoms with Crippen LogP contribution < -0.4 is 5.73 Å². The number of hydrogen-bond donors (Lipinski definition) is 1. The largest absolute Gasteiger partial charge is 0.398 e. The van der Waals surface area contributed by atoms with Crippen LogP contribution in [-0.2, 0) is 16.1 Å². The maximum atomic E-state index is 11.9. The van der Waals surface area contributed by atoms with Crippen LogP contribution in [0.5, 0.6) is 0 Å². The number of halogens is 1. The molecule has 0 atom stereocenters. The lowest BCUT2D eigenvalue weighted by Gasteiger charge is -2.28. The van der Waals surface area contributed by atoms with Crippen LogP contribution in [0.25, 0.3) is 0 Å². The zero-order valence-corrected chi connectivity index (χ0v) is 10.9. The average Bonchev–Trinajstić information content (AvgIpc) is 2.26. The first kappa shape index (κ1) is 12.9. The topological polar surface area (TPSA) is 63.4 Å². The van der Waals surface area contributed by atoms with Gasteiger partial charge >= 0.3 is 0 Å². The van der Waals surface area contributed by atoms with E-state index >= 15 is 0 Å². The monoisotopic (exact) mass is 266 g/mol. The molecule has 1 aliphatic heterocycles. The summed E-state index contributed by atoms with van der Waals surface area (Å²) in [6, 6.07) is 5.15. The lowest BCUT2D eigenvalue weighted by molar-refractivity contribution is -0.150. The number of rotatable bonds is 2. The second-order valence-electron chi connectivity index (χ2n) is 4.69. The number of imide groups is 1. The molecule has 18 heavy (non-hydrogen) atoms. The third-order valence-electron chi connectivity index (χ3n) is 3.12. The Morgan fingerprint density at radius 2 is 1.94 bits per heavy atom. The van der Waals surface area contributed by atoms with Crippen molar-refractivity contribution in [2.24, 2.45) is 5.92 Å². The predicted molar refractivity (Wildman–Crippen MR) is 69.8 cm³/mol. The van der Waals surface area contributed by atoms with E-state index < -0.39 is 0 Å². The standard InChI is InChI=1S/C13H15ClN2O2/c1-8-5-12(17)16(13(18)6-8)7-9-10(14)3-2-4-11(9)15/h2-4,8H,5-7,15H2,1H3. The highest BCUT2D eigenvalue weighted by molar-refractivity contribution is 6.31. The van der Waals surface area contributed by atoms with E-state index in [0.717, 1.165) is 0 Å². The molecule has 96 valence electrons. The van der Waals surface area contributed by atoms with Crippen molar-refractivity contribution >= 4 is 29.1 Å². The van der Waals surface area contributed by atoms with Gasteiger partial charge in [-0.2, -0.15) is 0 Å². The Morgan fingerprint density at radius 1 is 1.33 bits per heavy atom. The highest BCUT2D eigenvalue weighted by Crippen LogP contribution is 2.27. The van der Waals surface area contributed by atoms with Gasteiger partial charge in [0.05, 0.1) is 6.54 Å². The second-order valence-corrected chi connectivity index (χ2v) is 5.10. The van der Waals surface area contributed by atoms with Crippen LogP contribution >= 0.6 is 11.6 Å². The molecule has 1 heterocycles. The lowest BCUT2D eigenvalue weighted by atomic mass is 9.97. The Hall–Kier alpha value is -1.55. The molecule has 0 bridgehead atoms. The fourth-order valence-electron chi connectivity index (χ4n) is 2.10. The molecule has 1 aromatic rings. The number of likely N-dealkylation sites (tertiary alicyclic amines) is 1. The minimum Gasteiger partial charge on any atom is -0.398 e. The summed E-state index contributed by atoms with van der Waals surface area (Å²) in [4.78, 5) is 25.0. The smallest absolute Gasteiger partial charge is 0.229 e. The summed E-state index contributed by atoms with van der Waals surface area (Å²) in [6.45, 7) is 2.06. The third kappa shape index (κ3) is 2.48. The van der Waals surface area contributed by atoms with Gasteiger partial charge < -0.3 is 5.73 Å². The zero-order chi connectivity index (χ0) is 13.3. The van der Waals surface area contributed by atoms with E-state index in [0.29, 0.717) is 29.1 Å². The minimum atomic E-state index is -0.155. The van der Waals surface area contributed by atoms with Crippen LogP contribution in [0.1, 0.15) is 25.3 Å². The maximum Gasteiger partial charge on any atom is 0.229 e. The van der Waals surface area contributed by atoms with E-state index in [1.54, 1.807) is 18.2 Å². The minimum absolute atomic E-state index is 0.116. The molecule has 4 nitrogen and oxygen atoms in total. The Kier molecular flexibility index (Phi) is 3.57. The number of piperidine rings is 1. The van der Waals surface area contributed by atoms with Crippen LogP contribution in [0, 0.1) is 5.92 Å².